The van der Waals surface area contributed by atoms with Crippen LogP contribution in [0.2, 0.25) is 0 Å². The predicted molar refractivity (Wildman–Crippen MR) is 55.5 cm³/mol. The van der Waals surface area contributed by atoms with Gasteiger partial charge in [-0.2, -0.15) is 0 Å². The smallest absolute Gasteiger partial charge is 0.133 e. The molecule has 1 aromatic rings. The van der Waals surface area contributed by atoms with Gasteiger partial charge in [0.25, 0.3) is 0 Å². The van der Waals surface area contributed by atoms with Crippen LogP contribution in [0.1, 0.15) is 18.6 Å². The van der Waals surface area contributed by atoms with Crippen LogP contribution in [0.5, 0.6) is 0 Å². The van der Waals surface area contributed by atoms with Crippen LogP contribution >= 0.6 is 15.9 Å². The van der Waals surface area contributed by atoms with Crippen LogP contribution in [0.25, 0.3) is 0 Å². The number of hydrogen-bond donors (Lipinski definition) is 1. The van der Waals surface area contributed by atoms with Gasteiger partial charge in [-0.1, -0.05) is 15.9 Å². The molecule has 15 heavy (non-hydrogen) atoms. The Morgan fingerprint density at radius 3 is 2.40 bits per heavy atom. The second kappa shape index (κ2) is 5.53. The van der Waals surface area contributed by atoms with Crippen LogP contribution in [0.15, 0.2) is 16.6 Å². The molecule has 2 nitrogen and oxygen atoms in total. The van der Waals surface area contributed by atoms with Gasteiger partial charge in [-0.25, -0.2) is 8.78 Å². The topological polar surface area (TPSA) is 29.5 Å². The van der Waals surface area contributed by atoms with Crippen molar-refractivity contribution in [2.75, 3.05) is 13.2 Å². The highest BCUT2D eigenvalue weighted by Gasteiger charge is 2.18. The lowest BCUT2D eigenvalue weighted by atomic mass is 10.1. The number of benzene rings is 1. The van der Waals surface area contributed by atoms with Crippen molar-refractivity contribution >= 4 is 15.9 Å². The van der Waals surface area contributed by atoms with Crippen LogP contribution in [0.3, 0.4) is 0 Å². The highest BCUT2D eigenvalue weighted by Crippen LogP contribution is 2.24. The van der Waals surface area contributed by atoms with Gasteiger partial charge in [0, 0.05) is 11.1 Å². The summed E-state index contributed by atoms with van der Waals surface area (Å²) in [7, 11) is 0. The fourth-order valence-corrected chi connectivity index (χ4v) is 1.59. The van der Waals surface area contributed by atoms with Crippen LogP contribution in [-0.2, 0) is 4.74 Å². The zero-order valence-electron chi connectivity index (χ0n) is 8.14. The molecule has 0 spiro atoms. The first kappa shape index (κ1) is 12.5. The van der Waals surface area contributed by atoms with Crippen LogP contribution in [-0.4, -0.2) is 18.3 Å². The van der Waals surface area contributed by atoms with Crippen LogP contribution < -0.4 is 0 Å². The molecule has 0 aliphatic carbocycles. The van der Waals surface area contributed by atoms with E-state index in [0.29, 0.717) is 11.1 Å². The molecule has 0 aromatic heterocycles. The van der Waals surface area contributed by atoms with Crippen molar-refractivity contribution in [3.8, 4) is 0 Å². The van der Waals surface area contributed by atoms with E-state index in [4.69, 9.17) is 4.74 Å². The highest BCUT2D eigenvalue weighted by molar-refractivity contribution is 9.10. The Morgan fingerprint density at radius 1 is 1.40 bits per heavy atom. The van der Waals surface area contributed by atoms with Crippen molar-refractivity contribution in [3.63, 3.8) is 0 Å². The minimum Gasteiger partial charge on any atom is -0.386 e. The van der Waals surface area contributed by atoms with E-state index in [0.717, 1.165) is 12.1 Å². The Morgan fingerprint density at radius 2 is 1.93 bits per heavy atom. The van der Waals surface area contributed by atoms with Gasteiger partial charge in [-0.05, 0) is 19.1 Å². The molecule has 1 aromatic carbocycles. The number of halogens is 3. The summed E-state index contributed by atoms with van der Waals surface area (Å²) < 4.78 is 31.8. The standard InChI is InChI=1S/C10H11BrF2O2/c1-2-15-5-9(14)10-7(12)3-6(11)4-8(10)13/h3-4,9,14H,2,5H2,1H3. The Labute approximate surface area is 95.0 Å². The van der Waals surface area contributed by atoms with E-state index in [2.05, 4.69) is 15.9 Å². The van der Waals surface area contributed by atoms with Gasteiger partial charge in [-0.15, -0.1) is 0 Å². The maximum Gasteiger partial charge on any atom is 0.133 e. The lowest BCUT2D eigenvalue weighted by Gasteiger charge is -2.12. The maximum atomic E-state index is 13.3. The molecule has 0 fully saturated rings. The van der Waals surface area contributed by atoms with E-state index in [1.165, 1.54) is 0 Å². The molecule has 0 aliphatic rings. The Kier molecular flexibility index (Phi) is 4.63. The fourth-order valence-electron chi connectivity index (χ4n) is 1.18. The molecular weight excluding hydrogens is 270 g/mol. The summed E-state index contributed by atoms with van der Waals surface area (Å²) in [5.74, 6) is -1.57. The Bertz CT molecular complexity index is 321. The van der Waals surface area contributed by atoms with E-state index in [1.807, 2.05) is 0 Å². The highest BCUT2D eigenvalue weighted by atomic mass is 79.9. The molecule has 0 heterocycles. The minimum atomic E-state index is -1.28. The number of hydrogen-bond acceptors (Lipinski definition) is 2. The summed E-state index contributed by atoms with van der Waals surface area (Å²) in [5, 5.41) is 9.48. The van der Waals surface area contributed by atoms with Gasteiger partial charge < -0.3 is 9.84 Å². The molecule has 0 aliphatic heterocycles. The number of aliphatic hydroxyl groups is 1. The predicted octanol–water partition coefficient (Wildman–Crippen LogP) is 2.80. The summed E-state index contributed by atoms with van der Waals surface area (Å²) in [4.78, 5) is 0. The number of aliphatic hydroxyl groups excluding tert-OH is 1. The Hall–Kier alpha value is -0.520. The Balaban J connectivity index is 2.92. The van der Waals surface area contributed by atoms with Crippen molar-refractivity contribution in [1.82, 2.24) is 0 Å². The molecule has 5 heteroatoms. The lowest BCUT2D eigenvalue weighted by Crippen LogP contribution is -2.11. The zero-order chi connectivity index (χ0) is 11.4. The van der Waals surface area contributed by atoms with Crippen molar-refractivity contribution in [2.45, 2.75) is 13.0 Å². The van der Waals surface area contributed by atoms with Gasteiger partial charge in [0.1, 0.15) is 17.7 Å². The van der Waals surface area contributed by atoms with Crippen LogP contribution in [0, 0.1) is 11.6 Å². The molecule has 1 atom stereocenters. The third kappa shape index (κ3) is 3.22. The van der Waals surface area contributed by atoms with E-state index >= 15 is 0 Å². The molecule has 0 saturated heterocycles. The average molecular weight is 281 g/mol. The van der Waals surface area contributed by atoms with Crippen molar-refractivity contribution in [3.05, 3.63) is 33.8 Å². The van der Waals surface area contributed by atoms with E-state index in [9.17, 15) is 13.9 Å². The summed E-state index contributed by atoms with van der Waals surface area (Å²) in [6.45, 7) is 2.00. The molecule has 1 rings (SSSR count). The molecule has 0 amide bonds. The van der Waals surface area contributed by atoms with Gasteiger partial charge in [0.05, 0.1) is 12.2 Å². The summed E-state index contributed by atoms with van der Waals surface area (Å²) in [5.41, 5.74) is -0.355. The summed E-state index contributed by atoms with van der Waals surface area (Å²) in [6, 6.07) is 2.21. The monoisotopic (exact) mass is 280 g/mol. The third-order valence-corrected chi connectivity index (χ3v) is 2.31. The molecule has 84 valence electrons. The molecule has 0 saturated carbocycles. The number of ether oxygens (including phenoxy) is 1. The van der Waals surface area contributed by atoms with E-state index in [1.54, 1.807) is 6.92 Å². The quantitative estimate of drug-likeness (QED) is 0.919. The minimum absolute atomic E-state index is 0.119. The number of rotatable bonds is 4. The van der Waals surface area contributed by atoms with Crippen molar-refractivity contribution in [2.24, 2.45) is 0 Å². The normalized spacial score (nSPS) is 12.9. The summed E-state index contributed by atoms with van der Waals surface area (Å²) in [6.07, 6.45) is -1.28. The second-order valence-electron chi connectivity index (χ2n) is 2.96. The van der Waals surface area contributed by atoms with Crippen molar-refractivity contribution < 1.29 is 18.6 Å². The first-order valence-electron chi connectivity index (χ1n) is 4.46. The van der Waals surface area contributed by atoms with E-state index in [-0.39, 0.29) is 12.2 Å². The lowest BCUT2D eigenvalue weighted by molar-refractivity contribution is 0.0381. The largest absolute Gasteiger partial charge is 0.386 e. The maximum absolute atomic E-state index is 13.3. The molecule has 0 radical (unpaired) electrons. The molecular formula is C10H11BrF2O2. The van der Waals surface area contributed by atoms with E-state index < -0.39 is 17.7 Å². The molecule has 1 unspecified atom stereocenters. The SMILES string of the molecule is CCOCC(O)c1c(F)cc(Br)cc1F. The first-order chi connectivity index (χ1) is 7.06. The average Bonchev–Trinajstić information content (AvgIpc) is 2.12. The third-order valence-electron chi connectivity index (χ3n) is 1.86. The van der Waals surface area contributed by atoms with Crippen LogP contribution in [0.4, 0.5) is 8.78 Å². The molecule has 0 bridgehead atoms. The zero-order valence-corrected chi connectivity index (χ0v) is 9.72. The fraction of sp³-hybridized carbons (Fsp3) is 0.400. The van der Waals surface area contributed by atoms with Gasteiger partial charge in [0.2, 0.25) is 0 Å². The summed E-state index contributed by atoms with van der Waals surface area (Å²) >= 11 is 2.96. The molecule has 1 N–H and O–H groups in total. The van der Waals surface area contributed by atoms with Gasteiger partial charge in [0.15, 0.2) is 0 Å². The second-order valence-corrected chi connectivity index (χ2v) is 3.87. The van der Waals surface area contributed by atoms with Gasteiger partial charge >= 0.3 is 0 Å². The van der Waals surface area contributed by atoms with Gasteiger partial charge in [-0.3, -0.25) is 0 Å². The first-order valence-corrected chi connectivity index (χ1v) is 5.25. The van der Waals surface area contributed by atoms with Crippen molar-refractivity contribution in [1.29, 1.82) is 0 Å².